The molecule has 4 nitrogen and oxygen atoms in total. The SMILES string of the molecule is CCCCNc1ccc(C(=O)SCCN(CC)CC)c(OCCC)c1. The van der Waals surface area contributed by atoms with Crippen LogP contribution in [0.15, 0.2) is 18.2 Å². The molecule has 25 heavy (non-hydrogen) atoms. The third-order valence-electron chi connectivity index (χ3n) is 4.06. The van der Waals surface area contributed by atoms with Gasteiger partial charge < -0.3 is 15.0 Å². The number of rotatable bonds is 13. The molecule has 1 aromatic carbocycles. The molecule has 0 saturated carbocycles. The zero-order valence-electron chi connectivity index (χ0n) is 16.3. The molecule has 0 bridgehead atoms. The minimum absolute atomic E-state index is 0.0957. The van der Waals surface area contributed by atoms with Crippen LogP contribution in [-0.2, 0) is 0 Å². The third kappa shape index (κ3) is 8.15. The van der Waals surface area contributed by atoms with Crippen LogP contribution in [0.3, 0.4) is 0 Å². The summed E-state index contributed by atoms with van der Waals surface area (Å²) in [4.78, 5) is 14.9. The molecule has 0 aliphatic heterocycles. The van der Waals surface area contributed by atoms with Gasteiger partial charge in [-0.25, -0.2) is 0 Å². The number of thioether (sulfide) groups is 1. The number of benzene rings is 1. The molecular formula is C20H34N2O2S. The topological polar surface area (TPSA) is 41.6 Å². The average molecular weight is 367 g/mol. The molecule has 5 heteroatoms. The predicted molar refractivity (Wildman–Crippen MR) is 110 cm³/mol. The zero-order chi connectivity index (χ0) is 18.5. The van der Waals surface area contributed by atoms with E-state index in [1.165, 1.54) is 11.8 Å². The number of carbonyl (C=O) groups is 1. The Balaban J connectivity index is 2.72. The van der Waals surface area contributed by atoms with Gasteiger partial charge >= 0.3 is 0 Å². The third-order valence-corrected chi connectivity index (χ3v) is 4.93. The molecular weight excluding hydrogens is 332 g/mol. The van der Waals surface area contributed by atoms with Crippen LogP contribution in [0.25, 0.3) is 0 Å². The van der Waals surface area contributed by atoms with Crippen molar-refractivity contribution < 1.29 is 9.53 Å². The Hall–Kier alpha value is -1.20. The molecule has 1 rings (SSSR count). The quantitative estimate of drug-likeness (QED) is 0.503. The van der Waals surface area contributed by atoms with Crippen LogP contribution in [0.5, 0.6) is 5.75 Å². The van der Waals surface area contributed by atoms with E-state index in [9.17, 15) is 4.79 Å². The summed E-state index contributed by atoms with van der Waals surface area (Å²) in [6.45, 7) is 13.1. The molecule has 0 aromatic heterocycles. The minimum atomic E-state index is 0.0957. The lowest BCUT2D eigenvalue weighted by molar-refractivity contribution is 0.108. The van der Waals surface area contributed by atoms with E-state index >= 15 is 0 Å². The number of carbonyl (C=O) groups excluding carboxylic acids is 1. The number of nitrogens with one attached hydrogen (secondary N) is 1. The predicted octanol–water partition coefficient (Wildman–Crippen LogP) is 4.90. The summed E-state index contributed by atoms with van der Waals surface area (Å²) in [5.74, 6) is 1.51. The van der Waals surface area contributed by atoms with Gasteiger partial charge in [-0.15, -0.1) is 0 Å². The van der Waals surface area contributed by atoms with E-state index < -0.39 is 0 Å². The Kier molecular flexibility index (Phi) is 11.4. The minimum Gasteiger partial charge on any atom is -0.493 e. The van der Waals surface area contributed by atoms with Gasteiger partial charge in [0.05, 0.1) is 12.2 Å². The molecule has 0 amide bonds. The van der Waals surface area contributed by atoms with E-state index in [1.54, 1.807) is 0 Å². The maximum Gasteiger partial charge on any atom is 0.223 e. The summed E-state index contributed by atoms with van der Waals surface area (Å²) in [6, 6.07) is 5.84. The average Bonchev–Trinajstić information content (AvgIpc) is 2.63. The normalized spacial score (nSPS) is 10.9. The van der Waals surface area contributed by atoms with Crippen molar-refractivity contribution in [2.75, 3.05) is 43.9 Å². The first-order valence-corrected chi connectivity index (χ1v) is 10.5. The van der Waals surface area contributed by atoms with Gasteiger partial charge in [-0.3, -0.25) is 4.79 Å². The molecule has 142 valence electrons. The smallest absolute Gasteiger partial charge is 0.223 e. The van der Waals surface area contributed by atoms with E-state index in [0.717, 1.165) is 56.9 Å². The van der Waals surface area contributed by atoms with Crippen molar-refractivity contribution in [2.24, 2.45) is 0 Å². The van der Waals surface area contributed by atoms with Crippen molar-refractivity contribution in [1.29, 1.82) is 0 Å². The second kappa shape index (κ2) is 13.1. The summed E-state index contributed by atoms with van der Waals surface area (Å²) in [5.41, 5.74) is 1.70. The van der Waals surface area contributed by atoms with Crippen molar-refractivity contribution in [2.45, 2.75) is 47.0 Å². The Morgan fingerprint density at radius 2 is 1.92 bits per heavy atom. The second-order valence-corrected chi connectivity index (χ2v) is 7.07. The summed E-state index contributed by atoms with van der Waals surface area (Å²) < 4.78 is 5.84. The summed E-state index contributed by atoms with van der Waals surface area (Å²) in [6.07, 6.45) is 3.22. The fourth-order valence-electron chi connectivity index (χ4n) is 2.43. The first kappa shape index (κ1) is 21.8. The Labute approximate surface area is 157 Å². The maximum atomic E-state index is 12.6. The zero-order valence-corrected chi connectivity index (χ0v) is 17.1. The molecule has 1 aromatic rings. The number of unbranched alkanes of at least 4 members (excludes halogenated alkanes) is 1. The number of hydrogen-bond acceptors (Lipinski definition) is 5. The highest BCUT2D eigenvalue weighted by molar-refractivity contribution is 8.14. The van der Waals surface area contributed by atoms with E-state index in [1.807, 2.05) is 18.2 Å². The first-order chi connectivity index (χ1) is 12.2. The van der Waals surface area contributed by atoms with E-state index in [2.05, 4.69) is 37.9 Å². The van der Waals surface area contributed by atoms with Crippen LogP contribution in [0, 0.1) is 0 Å². The lowest BCUT2D eigenvalue weighted by Crippen LogP contribution is -2.25. The fourth-order valence-corrected chi connectivity index (χ4v) is 3.29. The maximum absolute atomic E-state index is 12.6. The highest BCUT2D eigenvalue weighted by Gasteiger charge is 2.14. The molecule has 0 heterocycles. The molecule has 0 aliphatic carbocycles. The van der Waals surface area contributed by atoms with Gasteiger partial charge in [0.25, 0.3) is 0 Å². The Bertz CT molecular complexity index is 504. The molecule has 0 aliphatic rings. The van der Waals surface area contributed by atoms with Crippen molar-refractivity contribution in [3.8, 4) is 5.75 Å². The van der Waals surface area contributed by atoms with Crippen LogP contribution < -0.4 is 10.1 Å². The Morgan fingerprint density at radius 1 is 1.16 bits per heavy atom. The molecule has 0 fully saturated rings. The first-order valence-electron chi connectivity index (χ1n) is 9.56. The fraction of sp³-hybridized carbons (Fsp3) is 0.650. The molecule has 0 spiro atoms. The van der Waals surface area contributed by atoms with E-state index in [4.69, 9.17) is 4.74 Å². The highest BCUT2D eigenvalue weighted by atomic mass is 32.2. The molecule has 1 N–H and O–H groups in total. The van der Waals surface area contributed by atoms with Gasteiger partial charge in [0.2, 0.25) is 5.12 Å². The van der Waals surface area contributed by atoms with Crippen LogP contribution in [0.2, 0.25) is 0 Å². The standard InChI is InChI=1S/C20H34N2O2S/c1-5-9-12-21-17-10-11-18(19(16-17)24-14-6-2)20(23)25-15-13-22(7-3)8-4/h10-11,16,21H,5-9,12-15H2,1-4H3. The Morgan fingerprint density at radius 3 is 2.56 bits per heavy atom. The van der Waals surface area contributed by atoms with Gasteiger partial charge in [0, 0.05) is 30.6 Å². The van der Waals surface area contributed by atoms with E-state index in [0.29, 0.717) is 17.9 Å². The lowest BCUT2D eigenvalue weighted by Gasteiger charge is -2.17. The second-order valence-electron chi connectivity index (χ2n) is 6.00. The van der Waals surface area contributed by atoms with Crippen LogP contribution in [0.4, 0.5) is 5.69 Å². The van der Waals surface area contributed by atoms with E-state index in [-0.39, 0.29) is 5.12 Å². The van der Waals surface area contributed by atoms with Crippen molar-refractivity contribution >= 4 is 22.6 Å². The summed E-state index contributed by atoms with van der Waals surface area (Å²) in [7, 11) is 0. The molecule has 0 unspecified atom stereocenters. The van der Waals surface area contributed by atoms with Gasteiger partial charge in [0.15, 0.2) is 0 Å². The van der Waals surface area contributed by atoms with Crippen LogP contribution in [-0.4, -0.2) is 48.6 Å². The van der Waals surface area contributed by atoms with Gasteiger partial charge in [0.1, 0.15) is 5.75 Å². The summed E-state index contributed by atoms with van der Waals surface area (Å²) >= 11 is 1.38. The number of nitrogens with zero attached hydrogens (tertiary/aromatic N) is 1. The van der Waals surface area contributed by atoms with Crippen molar-refractivity contribution in [3.63, 3.8) is 0 Å². The molecule has 0 saturated heterocycles. The largest absolute Gasteiger partial charge is 0.493 e. The van der Waals surface area contributed by atoms with Gasteiger partial charge in [-0.05, 0) is 38.1 Å². The highest BCUT2D eigenvalue weighted by Crippen LogP contribution is 2.27. The number of ether oxygens (including phenoxy) is 1. The lowest BCUT2D eigenvalue weighted by atomic mass is 10.2. The van der Waals surface area contributed by atoms with Gasteiger partial charge in [-0.1, -0.05) is 45.9 Å². The van der Waals surface area contributed by atoms with Crippen molar-refractivity contribution in [3.05, 3.63) is 23.8 Å². The summed E-state index contributed by atoms with van der Waals surface area (Å²) in [5, 5.41) is 3.49. The van der Waals surface area contributed by atoms with Crippen molar-refractivity contribution in [1.82, 2.24) is 4.90 Å². The molecule has 0 radical (unpaired) electrons. The monoisotopic (exact) mass is 366 g/mol. The van der Waals surface area contributed by atoms with Crippen LogP contribution >= 0.6 is 11.8 Å². The number of hydrogen-bond donors (Lipinski definition) is 1. The van der Waals surface area contributed by atoms with Gasteiger partial charge in [-0.2, -0.15) is 0 Å². The number of anilines is 1. The molecule has 0 atom stereocenters. The van der Waals surface area contributed by atoms with Crippen LogP contribution in [0.1, 0.15) is 57.3 Å².